The van der Waals surface area contributed by atoms with Crippen molar-refractivity contribution in [2.24, 2.45) is 0 Å². The van der Waals surface area contributed by atoms with Gasteiger partial charge in [-0.05, 0) is 54.1 Å². The minimum absolute atomic E-state index is 0.0536. The standard InChI is InChI=1S/C10H9F2IO/c1-5-8(6(2)14)3-7(13)4-9(5)10(11)12/h3-4,10H,1-2H3. The zero-order chi connectivity index (χ0) is 10.9. The minimum atomic E-state index is -2.53. The van der Waals surface area contributed by atoms with Crippen LogP contribution in [0, 0.1) is 10.5 Å². The van der Waals surface area contributed by atoms with Crippen LogP contribution in [0.4, 0.5) is 8.78 Å². The fourth-order valence-electron chi connectivity index (χ4n) is 1.29. The van der Waals surface area contributed by atoms with Gasteiger partial charge in [0.15, 0.2) is 5.78 Å². The molecular weight excluding hydrogens is 301 g/mol. The molecule has 0 aliphatic rings. The van der Waals surface area contributed by atoms with Crippen LogP contribution in [0.1, 0.15) is 34.8 Å². The first kappa shape index (κ1) is 11.6. The number of hydrogen-bond donors (Lipinski definition) is 0. The van der Waals surface area contributed by atoms with Crippen LogP contribution >= 0.6 is 22.6 Å². The lowest BCUT2D eigenvalue weighted by Gasteiger charge is -2.09. The Bertz CT molecular complexity index is 375. The molecule has 0 saturated heterocycles. The Balaban J connectivity index is 3.40. The average molecular weight is 310 g/mol. The summed E-state index contributed by atoms with van der Waals surface area (Å²) < 4.78 is 25.7. The van der Waals surface area contributed by atoms with Crippen LogP contribution < -0.4 is 0 Å². The third-order valence-corrected chi connectivity index (χ3v) is 2.65. The molecule has 1 nitrogen and oxygen atoms in total. The van der Waals surface area contributed by atoms with Crippen LogP contribution in [-0.4, -0.2) is 5.78 Å². The lowest BCUT2D eigenvalue weighted by Crippen LogP contribution is -2.01. The van der Waals surface area contributed by atoms with Crippen LogP contribution in [0.2, 0.25) is 0 Å². The van der Waals surface area contributed by atoms with E-state index in [-0.39, 0.29) is 11.3 Å². The average Bonchev–Trinajstić information content (AvgIpc) is 2.07. The molecule has 0 radical (unpaired) electrons. The molecule has 0 saturated carbocycles. The van der Waals surface area contributed by atoms with Gasteiger partial charge in [-0.2, -0.15) is 0 Å². The Morgan fingerprint density at radius 3 is 2.43 bits per heavy atom. The molecule has 0 bridgehead atoms. The molecule has 76 valence electrons. The first-order chi connectivity index (χ1) is 6.43. The van der Waals surface area contributed by atoms with Gasteiger partial charge in [-0.25, -0.2) is 8.78 Å². The van der Waals surface area contributed by atoms with Crippen LogP contribution in [-0.2, 0) is 0 Å². The number of rotatable bonds is 2. The first-order valence-electron chi connectivity index (χ1n) is 4.02. The van der Waals surface area contributed by atoms with E-state index in [9.17, 15) is 13.6 Å². The molecule has 0 aliphatic heterocycles. The molecule has 0 N–H and O–H groups in total. The first-order valence-corrected chi connectivity index (χ1v) is 5.10. The lowest BCUT2D eigenvalue weighted by atomic mass is 10.0. The summed E-state index contributed by atoms with van der Waals surface area (Å²) in [6.07, 6.45) is -2.53. The van der Waals surface area contributed by atoms with Gasteiger partial charge in [0, 0.05) is 14.7 Å². The highest BCUT2D eigenvalue weighted by molar-refractivity contribution is 14.1. The Morgan fingerprint density at radius 2 is 2.00 bits per heavy atom. The topological polar surface area (TPSA) is 17.1 Å². The van der Waals surface area contributed by atoms with Crippen molar-refractivity contribution >= 4 is 28.4 Å². The molecule has 0 aliphatic carbocycles. The van der Waals surface area contributed by atoms with E-state index in [0.29, 0.717) is 14.7 Å². The van der Waals surface area contributed by atoms with E-state index in [1.165, 1.54) is 13.0 Å². The van der Waals surface area contributed by atoms with E-state index in [2.05, 4.69) is 0 Å². The summed E-state index contributed by atoms with van der Waals surface area (Å²) in [6, 6.07) is 3.04. The summed E-state index contributed by atoms with van der Waals surface area (Å²) >= 11 is 1.93. The summed E-state index contributed by atoms with van der Waals surface area (Å²) in [4.78, 5) is 11.1. The van der Waals surface area contributed by atoms with Crippen molar-refractivity contribution in [1.29, 1.82) is 0 Å². The number of carbonyl (C=O) groups excluding carboxylic acids is 1. The maximum Gasteiger partial charge on any atom is 0.264 e. The van der Waals surface area contributed by atoms with Crippen molar-refractivity contribution in [3.05, 3.63) is 32.4 Å². The molecule has 1 aromatic rings. The van der Waals surface area contributed by atoms with Crippen LogP contribution in [0.15, 0.2) is 12.1 Å². The van der Waals surface area contributed by atoms with E-state index in [1.807, 2.05) is 22.6 Å². The van der Waals surface area contributed by atoms with Gasteiger partial charge < -0.3 is 0 Å². The molecule has 1 aromatic carbocycles. The van der Waals surface area contributed by atoms with Crippen LogP contribution in [0.25, 0.3) is 0 Å². The maximum absolute atomic E-state index is 12.5. The van der Waals surface area contributed by atoms with Gasteiger partial charge in [0.25, 0.3) is 6.43 Å². The van der Waals surface area contributed by atoms with E-state index < -0.39 is 6.43 Å². The zero-order valence-electron chi connectivity index (χ0n) is 7.77. The monoisotopic (exact) mass is 310 g/mol. The van der Waals surface area contributed by atoms with Crippen molar-refractivity contribution in [2.45, 2.75) is 20.3 Å². The number of alkyl halides is 2. The Kier molecular flexibility index (Phi) is 3.58. The molecule has 0 aromatic heterocycles. The third-order valence-electron chi connectivity index (χ3n) is 2.03. The van der Waals surface area contributed by atoms with Crippen LogP contribution in [0.5, 0.6) is 0 Å². The van der Waals surface area contributed by atoms with E-state index in [4.69, 9.17) is 0 Å². The van der Waals surface area contributed by atoms with E-state index in [1.54, 1.807) is 13.0 Å². The highest BCUT2D eigenvalue weighted by Crippen LogP contribution is 2.27. The second-order valence-electron chi connectivity index (χ2n) is 3.02. The van der Waals surface area contributed by atoms with Gasteiger partial charge in [-0.1, -0.05) is 0 Å². The van der Waals surface area contributed by atoms with E-state index >= 15 is 0 Å². The molecular formula is C10H9F2IO. The number of halogens is 3. The van der Waals surface area contributed by atoms with Crippen molar-refractivity contribution in [3.8, 4) is 0 Å². The van der Waals surface area contributed by atoms with Gasteiger partial charge in [0.2, 0.25) is 0 Å². The SMILES string of the molecule is CC(=O)c1cc(I)cc(C(F)F)c1C. The summed E-state index contributed by atoms with van der Waals surface area (Å²) in [5.41, 5.74) is 0.710. The Morgan fingerprint density at radius 1 is 1.43 bits per heavy atom. The summed E-state index contributed by atoms with van der Waals surface area (Å²) in [5, 5.41) is 0. The predicted molar refractivity (Wildman–Crippen MR) is 58.9 cm³/mol. The summed E-state index contributed by atoms with van der Waals surface area (Å²) in [7, 11) is 0. The number of ketones is 1. The molecule has 0 amide bonds. The molecule has 0 spiro atoms. The quantitative estimate of drug-likeness (QED) is 0.601. The van der Waals surface area contributed by atoms with Gasteiger partial charge >= 0.3 is 0 Å². The highest BCUT2D eigenvalue weighted by atomic mass is 127. The van der Waals surface area contributed by atoms with Gasteiger partial charge in [0.05, 0.1) is 0 Å². The molecule has 14 heavy (non-hydrogen) atoms. The molecule has 0 atom stereocenters. The summed E-state index contributed by atoms with van der Waals surface area (Å²) in [6.45, 7) is 2.93. The molecule has 0 unspecified atom stereocenters. The fourth-order valence-corrected chi connectivity index (χ4v) is 1.94. The second-order valence-corrected chi connectivity index (χ2v) is 4.27. The smallest absolute Gasteiger partial charge is 0.264 e. The van der Waals surface area contributed by atoms with Gasteiger partial charge in [0.1, 0.15) is 0 Å². The minimum Gasteiger partial charge on any atom is -0.295 e. The van der Waals surface area contributed by atoms with Crippen LogP contribution in [0.3, 0.4) is 0 Å². The normalized spacial score (nSPS) is 10.7. The van der Waals surface area contributed by atoms with E-state index in [0.717, 1.165) is 0 Å². The highest BCUT2D eigenvalue weighted by Gasteiger charge is 2.16. The number of carbonyl (C=O) groups is 1. The summed E-state index contributed by atoms with van der Waals surface area (Å²) in [5.74, 6) is -0.178. The molecule has 0 fully saturated rings. The van der Waals surface area contributed by atoms with Crippen molar-refractivity contribution in [2.75, 3.05) is 0 Å². The molecule has 4 heteroatoms. The Labute approximate surface area is 94.6 Å². The second kappa shape index (κ2) is 4.33. The number of Topliss-reactive ketones (excluding diaryl/α,β-unsaturated/α-hetero) is 1. The maximum atomic E-state index is 12.5. The third kappa shape index (κ3) is 2.29. The Hall–Kier alpha value is -0.520. The largest absolute Gasteiger partial charge is 0.295 e. The number of benzene rings is 1. The van der Waals surface area contributed by atoms with Crippen molar-refractivity contribution in [1.82, 2.24) is 0 Å². The lowest BCUT2D eigenvalue weighted by molar-refractivity contribution is 0.101. The fraction of sp³-hybridized carbons (Fsp3) is 0.300. The van der Waals surface area contributed by atoms with Crippen molar-refractivity contribution in [3.63, 3.8) is 0 Å². The van der Waals surface area contributed by atoms with Gasteiger partial charge in [-0.15, -0.1) is 0 Å². The molecule has 0 heterocycles. The predicted octanol–water partition coefficient (Wildman–Crippen LogP) is 3.74. The number of hydrogen-bond acceptors (Lipinski definition) is 1. The van der Waals surface area contributed by atoms with Crippen molar-refractivity contribution < 1.29 is 13.6 Å². The van der Waals surface area contributed by atoms with Gasteiger partial charge in [-0.3, -0.25) is 4.79 Å². The zero-order valence-corrected chi connectivity index (χ0v) is 9.93. The molecule has 1 rings (SSSR count).